The van der Waals surface area contributed by atoms with Crippen molar-refractivity contribution in [3.05, 3.63) is 56.7 Å². The molecule has 0 atom stereocenters. The standard InChI is InChI=1S/C18H20BrN3O2S/c19-15-5-3-14(4-6-15)18(24)22-11-9-21(10-12-22)8-7-20-17(23)16-2-1-13-25-16/h1-6,13H,7-12H2,(H,20,23). The molecular weight excluding hydrogens is 402 g/mol. The Hall–Kier alpha value is -1.70. The van der Waals surface area contributed by atoms with Gasteiger partial charge >= 0.3 is 0 Å². The molecule has 1 aliphatic heterocycles. The number of halogens is 1. The molecule has 1 aromatic heterocycles. The molecule has 0 unspecified atom stereocenters. The van der Waals surface area contributed by atoms with Crippen LogP contribution in [0.5, 0.6) is 0 Å². The Balaban J connectivity index is 1.40. The van der Waals surface area contributed by atoms with E-state index in [1.165, 1.54) is 11.3 Å². The molecule has 2 aromatic rings. The van der Waals surface area contributed by atoms with Crippen molar-refractivity contribution in [3.63, 3.8) is 0 Å². The lowest BCUT2D eigenvalue weighted by molar-refractivity contribution is 0.0638. The number of hydrogen-bond acceptors (Lipinski definition) is 4. The SMILES string of the molecule is O=C(NCCN1CCN(C(=O)c2ccc(Br)cc2)CC1)c1cccs1. The van der Waals surface area contributed by atoms with Crippen LogP contribution < -0.4 is 5.32 Å². The van der Waals surface area contributed by atoms with Gasteiger partial charge in [0.05, 0.1) is 4.88 Å². The van der Waals surface area contributed by atoms with Crippen molar-refractivity contribution in [1.82, 2.24) is 15.1 Å². The summed E-state index contributed by atoms with van der Waals surface area (Å²) >= 11 is 4.83. The van der Waals surface area contributed by atoms with Gasteiger partial charge in [0, 0.05) is 49.3 Å². The largest absolute Gasteiger partial charge is 0.350 e. The third-order valence-electron chi connectivity index (χ3n) is 4.21. The Bertz CT molecular complexity index is 710. The molecule has 2 heterocycles. The first kappa shape index (κ1) is 18.1. The fraction of sp³-hybridized carbons (Fsp3) is 0.333. The van der Waals surface area contributed by atoms with E-state index >= 15 is 0 Å². The van der Waals surface area contributed by atoms with Crippen molar-refractivity contribution in [3.8, 4) is 0 Å². The minimum atomic E-state index is -0.0148. The van der Waals surface area contributed by atoms with Crippen molar-refractivity contribution in [2.75, 3.05) is 39.3 Å². The highest BCUT2D eigenvalue weighted by molar-refractivity contribution is 9.10. The van der Waals surface area contributed by atoms with Gasteiger partial charge in [-0.05, 0) is 35.7 Å². The van der Waals surface area contributed by atoms with Crippen LogP contribution in [0, 0.1) is 0 Å². The molecule has 3 rings (SSSR count). The zero-order valence-corrected chi connectivity index (χ0v) is 16.2. The number of nitrogens with one attached hydrogen (secondary N) is 1. The Morgan fingerprint density at radius 1 is 1.08 bits per heavy atom. The third kappa shape index (κ3) is 4.90. The average Bonchev–Trinajstić information content (AvgIpc) is 3.17. The van der Waals surface area contributed by atoms with Crippen molar-refractivity contribution in [1.29, 1.82) is 0 Å². The second-order valence-corrected chi connectivity index (χ2v) is 7.74. The molecule has 7 heteroatoms. The van der Waals surface area contributed by atoms with Crippen LogP contribution in [0.4, 0.5) is 0 Å². The fourth-order valence-corrected chi connectivity index (χ4v) is 3.68. The van der Waals surface area contributed by atoms with E-state index < -0.39 is 0 Å². The van der Waals surface area contributed by atoms with Gasteiger partial charge in [0.2, 0.25) is 0 Å². The smallest absolute Gasteiger partial charge is 0.261 e. The number of carbonyl (C=O) groups is 2. The average molecular weight is 422 g/mol. The molecule has 0 saturated carbocycles. The molecule has 0 bridgehead atoms. The summed E-state index contributed by atoms with van der Waals surface area (Å²) in [6, 6.07) is 11.2. The Labute approximate surface area is 159 Å². The molecule has 1 aromatic carbocycles. The van der Waals surface area contributed by atoms with E-state index in [0.717, 1.165) is 34.5 Å². The van der Waals surface area contributed by atoms with Gasteiger partial charge in [0.15, 0.2) is 0 Å². The van der Waals surface area contributed by atoms with Gasteiger partial charge in [-0.25, -0.2) is 0 Å². The summed E-state index contributed by atoms with van der Waals surface area (Å²) in [6.07, 6.45) is 0. The number of nitrogens with zero attached hydrogens (tertiary/aromatic N) is 2. The lowest BCUT2D eigenvalue weighted by atomic mass is 10.2. The molecule has 1 N–H and O–H groups in total. The monoisotopic (exact) mass is 421 g/mol. The highest BCUT2D eigenvalue weighted by Gasteiger charge is 2.21. The number of amides is 2. The molecule has 1 fully saturated rings. The second kappa shape index (κ2) is 8.60. The molecule has 0 radical (unpaired) electrons. The molecule has 0 aliphatic carbocycles. The maximum atomic E-state index is 12.5. The van der Waals surface area contributed by atoms with Crippen molar-refractivity contribution >= 4 is 39.1 Å². The van der Waals surface area contributed by atoms with Crippen LogP contribution in [0.3, 0.4) is 0 Å². The first-order valence-electron chi connectivity index (χ1n) is 8.22. The van der Waals surface area contributed by atoms with Crippen LogP contribution in [0.25, 0.3) is 0 Å². The minimum Gasteiger partial charge on any atom is -0.350 e. The molecule has 5 nitrogen and oxygen atoms in total. The van der Waals surface area contributed by atoms with Gasteiger partial charge in [0.25, 0.3) is 11.8 Å². The summed E-state index contributed by atoms with van der Waals surface area (Å²) < 4.78 is 0.971. The van der Waals surface area contributed by atoms with E-state index in [1.54, 1.807) is 0 Å². The first-order valence-corrected chi connectivity index (χ1v) is 9.89. The lowest BCUT2D eigenvalue weighted by Gasteiger charge is -2.34. The Morgan fingerprint density at radius 2 is 1.80 bits per heavy atom. The molecular formula is C18H20BrN3O2S. The summed E-state index contributed by atoms with van der Waals surface area (Å²) in [5.74, 6) is 0.0669. The summed E-state index contributed by atoms with van der Waals surface area (Å²) in [4.78, 5) is 29.3. The number of hydrogen-bond donors (Lipinski definition) is 1. The highest BCUT2D eigenvalue weighted by atomic mass is 79.9. The van der Waals surface area contributed by atoms with E-state index in [1.807, 2.05) is 46.7 Å². The van der Waals surface area contributed by atoms with E-state index in [-0.39, 0.29) is 11.8 Å². The summed E-state index contributed by atoms with van der Waals surface area (Å²) in [7, 11) is 0. The van der Waals surface area contributed by atoms with E-state index in [0.29, 0.717) is 19.6 Å². The van der Waals surface area contributed by atoms with E-state index in [9.17, 15) is 9.59 Å². The van der Waals surface area contributed by atoms with Crippen LogP contribution in [0.2, 0.25) is 0 Å². The maximum absolute atomic E-state index is 12.5. The van der Waals surface area contributed by atoms with E-state index in [2.05, 4.69) is 26.1 Å². The van der Waals surface area contributed by atoms with E-state index in [4.69, 9.17) is 0 Å². The van der Waals surface area contributed by atoms with Gasteiger partial charge in [-0.1, -0.05) is 22.0 Å². The third-order valence-corrected chi connectivity index (χ3v) is 5.61. The Kier molecular flexibility index (Phi) is 6.23. The predicted octanol–water partition coefficient (Wildman–Crippen LogP) is 2.70. The summed E-state index contributed by atoms with van der Waals surface area (Å²) in [5, 5.41) is 4.84. The van der Waals surface area contributed by atoms with Crippen LogP contribution in [0.1, 0.15) is 20.0 Å². The summed E-state index contributed by atoms with van der Waals surface area (Å²) in [6.45, 7) is 4.52. The number of piperazine rings is 1. The lowest BCUT2D eigenvalue weighted by Crippen LogP contribution is -2.50. The molecule has 25 heavy (non-hydrogen) atoms. The molecule has 2 amide bonds. The topological polar surface area (TPSA) is 52.7 Å². The zero-order valence-electron chi connectivity index (χ0n) is 13.8. The second-order valence-electron chi connectivity index (χ2n) is 5.87. The fourth-order valence-electron chi connectivity index (χ4n) is 2.77. The van der Waals surface area contributed by atoms with Crippen LogP contribution in [-0.2, 0) is 0 Å². The van der Waals surface area contributed by atoms with Gasteiger partial charge < -0.3 is 10.2 Å². The molecule has 1 aliphatic rings. The van der Waals surface area contributed by atoms with Crippen LogP contribution >= 0.6 is 27.3 Å². The zero-order chi connectivity index (χ0) is 17.6. The van der Waals surface area contributed by atoms with Crippen molar-refractivity contribution in [2.45, 2.75) is 0 Å². The molecule has 1 saturated heterocycles. The Morgan fingerprint density at radius 3 is 2.44 bits per heavy atom. The van der Waals surface area contributed by atoms with Crippen LogP contribution in [-0.4, -0.2) is 60.9 Å². The minimum absolute atomic E-state index is 0.0148. The number of thiophene rings is 1. The van der Waals surface area contributed by atoms with Gasteiger partial charge in [-0.3, -0.25) is 14.5 Å². The van der Waals surface area contributed by atoms with Gasteiger partial charge in [-0.2, -0.15) is 0 Å². The molecule has 132 valence electrons. The first-order chi connectivity index (χ1) is 12.1. The van der Waals surface area contributed by atoms with Crippen molar-refractivity contribution in [2.24, 2.45) is 0 Å². The van der Waals surface area contributed by atoms with Crippen molar-refractivity contribution < 1.29 is 9.59 Å². The highest BCUT2D eigenvalue weighted by Crippen LogP contribution is 2.13. The molecule has 0 spiro atoms. The van der Waals surface area contributed by atoms with Gasteiger partial charge in [0.1, 0.15) is 0 Å². The van der Waals surface area contributed by atoms with Crippen LogP contribution in [0.15, 0.2) is 46.3 Å². The number of carbonyl (C=O) groups excluding carboxylic acids is 2. The van der Waals surface area contributed by atoms with Gasteiger partial charge in [-0.15, -0.1) is 11.3 Å². The normalized spacial score (nSPS) is 15.2. The predicted molar refractivity (Wildman–Crippen MR) is 103 cm³/mol. The summed E-state index contributed by atoms with van der Waals surface area (Å²) in [5.41, 5.74) is 0.722. The number of rotatable bonds is 5. The number of benzene rings is 1. The maximum Gasteiger partial charge on any atom is 0.261 e. The quantitative estimate of drug-likeness (QED) is 0.807.